The molecule has 22 heteroatoms. The number of likely N-dealkylation sites (N-methyl/N-ethyl adjacent to an activating group) is 2. The highest BCUT2D eigenvalue weighted by Crippen LogP contribution is 2.34. The fourth-order valence-corrected chi connectivity index (χ4v) is 15.7. The van der Waals surface area contributed by atoms with Crippen molar-refractivity contribution in [1.82, 2.24) is 24.9 Å². The van der Waals surface area contributed by atoms with Crippen molar-refractivity contribution in [3.8, 4) is 0 Å². The minimum Gasteiger partial charge on any atom is -0.445 e. The van der Waals surface area contributed by atoms with Gasteiger partial charge >= 0.3 is 6.09 Å². The van der Waals surface area contributed by atoms with Gasteiger partial charge in [0, 0.05) is 96.9 Å². The number of ketones is 3. The standard InChI is InChI=1S/C80H121N7O14S/c1-15-54(8)74(68(99-13)48-71(92)86-42-27-33-64(86)76(100-14)56(10)65(88)44-55(9)75(94)59-30-21-17-22-31-59)84(11)78(96)62(52(4)5)47-67(90)73(53(6)7)85(12)80(98)101-50-58-35-37-61(38-36-58)82-77(95)60(32-24-25-40-81)46-66(89)63(45-57-28-19-16-20-29-57)83-70(91)34-23-18-26-41-87-72(93)49-69(79(87)97)102-43-39-51(2)3/h16-17,19-22,28-31,35-38,51-56,60,62-64,68-69,73-76,94H,15,18,23-27,32-34,39-50,81H2,1-14H3,(H,82,95)(H,83,91)/t54-,55-,56-,60+,62-,63-,64-,68+,69?,73-,74-,75+,76+/m0/s1. The first kappa shape index (κ1) is 85.8. The number of aliphatic hydroxyl groups excluding tert-OH is 1. The predicted octanol–water partition coefficient (Wildman–Crippen LogP) is 11.6. The third kappa shape index (κ3) is 25.8. The minimum absolute atomic E-state index is 0.0465. The molecule has 2 aliphatic rings. The van der Waals surface area contributed by atoms with Crippen molar-refractivity contribution in [2.45, 2.75) is 233 Å². The SMILES string of the molecule is CC[C@H](C)[C@@H]([C@@H](CC(=O)N1CCC[C@H]1[C@H](OC)[C@@H](C)C(=O)C[C@H](C)[C@@H](O)c1ccccc1)OC)N(C)C(=O)[C@@H](CC(=O)[C@H](C(C)C)N(C)C(=O)OCc1ccc(NC(=O)[C@H](CCCCN)CC(=O)[C@H](Cc2ccccc2)NC(=O)CCCCCN2C(=O)CC(SCCC(C)C)C2=O)cc1)C(C)C. The van der Waals surface area contributed by atoms with Crippen LogP contribution >= 0.6 is 11.8 Å². The van der Waals surface area contributed by atoms with E-state index in [-0.39, 0.29) is 139 Å². The van der Waals surface area contributed by atoms with Crippen molar-refractivity contribution in [3.63, 3.8) is 0 Å². The molecule has 0 radical (unpaired) electrons. The fourth-order valence-electron chi connectivity index (χ4n) is 14.3. The molecule has 2 heterocycles. The number of imide groups is 1. The van der Waals surface area contributed by atoms with Crippen molar-refractivity contribution in [1.29, 1.82) is 0 Å². The number of amides is 7. The zero-order chi connectivity index (χ0) is 75.3. The number of thioether (sulfide) groups is 1. The van der Waals surface area contributed by atoms with E-state index in [2.05, 4.69) is 24.5 Å². The van der Waals surface area contributed by atoms with Crippen LogP contribution in [0.4, 0.5) is 10.5 Å². The summed E-state index contributed by atoms with van der Waals surface area (Å²) in [4.78, 5) is 145. The van der Waals surface area contributed by atoms with E-state index in [1.807, 2.05) is 116 Å². The smallest absolute Gasteiger partial charge is 0.410 e. The molecule has 5 N–H and O–H groups in total. The summed E-state index contributed by atoms with van der Waals surface area (Å²) < 4.78 is 18.0. The van der Waals surface area contributed by atoms with Crippen LogP contribution in [-0.2, 0) is 70.4 Å². The Labute approximate surface area is 612 Å². The maximum absolute atomic E-state index is 14.9. The number of unbranched alkanes of at least 4 members (excludes halogenated alkanes) is 3. The number of rotatable bonds is 46. The van der Waals surface area contributed by atoms with Crippen LogP contribution in [0.15, 0.2) is 84.9 Å². The molecule has 13 atom stereocenters. The van der Waals surface area contributed by atoms with Gasteiger partial charge in [0.1, 0.15) is 12.4 Å². The molecule has 102 heavy (non-hydrogen) atoms. The average molecular weight is 1440 g/mol. The van der Waals surface area contributed by atoms with Gasteiger partial charge in [0.25, 0.3) is 0 Å². The van der Waals surface area contributed by atoms with Gasteiger partial charge in [-0.3, -0.25) is 48.1 Å². The molecule has 2 fully saturated rings. The fraction of sp³-hybridized carbons (Fsp3) is 0.650. The van der Waals surface area contributed by atoms with Crippen LogP contribution in [-0.4, -0.2) is 179 Å². The van der Waals surface area contributed by atoms with Crippen molar-refractivity contribution in [2.24, 2.45) is 53.1 Å². The number of benzene rings is 3. The zero-order valence-electron chi connectivity index (χ0n) is 63.4. The molecule has 2 saturated heterocycles. The van der Waals surface area contributed by atoms with Gasteiger partial charge in [-0.1, -0.05) is 161 Å². The first-order valence-corrected chi connectivity index (χ1v) is 38.3. The highest BCUT2D eigenvalue weighted by molar-refractivity contribution is 8.00. The molecule has 7 amide bonds. The Morgan fingerprint density at radius 1 is 0.716 bits per heavy atom. The van der Waals surface area contributed by atoms with Gasteiger partial charge in [0.15, 0.2) is 11.6 Å². The quantitative estimate of drug-likeness (QED) is 0.0302. The lowest BCUT2D eigenvalue weighted by atomic mass is 9.83. The maximum Gasteiger partial charge on any atom is 0.410 e. The van der Waals surface area contributed by atoms with E-state index in [9.17, 15) is 53.1 Å². The molecule has 1 unspecified atom stereocenters. The highest BCUT2D eigenvalue weighted by Gasteiger charge is 2.45. The molecule has 0 bridgehead atoms. The Balaban J connectivity index is 1.17. The number of hydrogen-bond donors (Lipinski definition) is 4. The van der Waals surface area contributed by atoms with Crippen molar-refractivity contribution < 1.29 is 67.3 Å². The van der Waals surface area contributed by atoms with Gasteiger partial charge in [-0.2, -0.15) is 0 Å². The topological polar surface area (TPSA) is 282 Å². The Kier molecular flexibility index (Phi) is 36.5. The van der Waals surface area contributed by atoms with Crippen molar-refractivity contribution >= 4 is 76.3 Å². The van der Waals surface area contributed by atoms with E-state index < -0.39 is 60.3 Å². The molecule has 0 aromatic heterocycles. The van der Waals surface area contributed by atoms with E-state index in [0.29, 0.717) is 94.6 Å². The molecule has 566 valence electrons. The molecular weight excluding hydrogens is 1310 g/mol. The Morgan fingerprint density at radius 2 is 1.38 bits per heavy atom. The number of nitrogens with two attached hydrogens (primary N) is 1. The van der Waals surface area contributed by atoms with Gasteiger partial charge in [0.2, 0.25) is 35.4 Å². The van der Waals surface area contributed by atoms with Crippen LogP contribution in [0.25, 0.3) is 0 Å². The molecule has 21 nitrogen and oxygen atoms in total. The number of carbonyl (C=O) groups excluding carboxylic acids is 10. The van der Waals surface area contributed by atoms with E-state index in [1.165, 1.54) is 24.0 Å². The molecule has 0 saturated carbocycles. The normalized spacial score (nSPS) is 18.0. The maximum atomic E-state index is 14.9. The van der Waals surface area contributed by atoms with Gasteiger partial charge in [-0.15, -0.1) is 11.8 Å². The van der Waals surface area contributed by atoms with Gasteiger partial charge in [0.05, 0.1) is 54.2 Å². The number of nitrogens with zero attached hydrogens (tertiary/aromatic N) is 4. The summed E-state index contributed by atoms with van der Waals surface area (Å²) in [5, 5.41) is 16.6. The largest absolute Gasteiger partial charge is 0.445 e. The Bertz CT molecular complexity index is 3150. The van der Waals surface area contributed by atoms with Gasteiger partial charge < -0.3 is 50.4 Å². The van der Waals surface area contributed by atoms with E-state index >= 15 is 0 Å². The number of hydrogen-bond acceptors (Lipinski definition) is 16. The second kappa shape index (κ2) is 43.4. The first-order valence-electron chi connectivity index (χ1n) is 37.3. The summed E-state index contributed by atoms with van der Waals surface area (Å²) in [6, 6.07) is 22.5. The van der Waals surface area contributed by atoms with E-state index in [1.54, 1.807) is 60.0 Å². The van der Waals surface area contributed by atoms with E-state index in [4.69, 9.17) is 19.9 Å². The molecule has 3 aromatic carbocycles. The predicted molar refractivity (Wildman–Crippen MR) is 400 cm³/mol. The molecule has 0 spiro atoms. The van der Waals surface area contributed by atoms with Gasteiger partial charge in [-0.25, -0.2) is 4.79 Å². The van der Waals surface area contributed by atoms with Crippen molar-refractivity contribution in [3.05, 3.63) is 102 Å². The van der Waals surface area contributed by atoms with Crippen LogP contribution < -0.4 is 16.4 Å². The van der Waals surface area contributed by atoms with Crippen LogP contribution in [0, 0.1) is 47.3 Å². The van der Waals surface area contributed by atoms with Crippen LogP contribution in [0.5, 0.6) is 0 Å². The molecule has 0 aliphatic carbocycles. The third-order valence-corrected chi connectivity index (χ3v) is 21.9. The van der Waals surface area contributed by atoms with E-state index in [0.717, 1.165) is 23.3 Å². The summed E-state index contributed by atoms with van der Waals surface area (Å²) in [7, 11) is 6.29. The number of aliphatic hydroxyl groups is 1. The second-order valence-electron chi connectivity index (χ2n) is 29.6. The summed E-state index contributed by atoms with van der Waals surface area (Å²) in [5.41, 5.74) is 8.48. The lowest BCUT2D eigenvalue weighted by molar-refractivity contribution is -0.149. The number of ether oxygens (including phenoxy) is 3. The van der Waals surface area contributed by atoms with Crippen molar-refractivity contribution in [2.75, 3.05) is 59.0 Å². The summed E-state index contributed by atoms with van der Waals surface area (Å²) in [6.07, 6.45) is 3.72. The number of Topliss-reactive ketones (excluding diaryl/α,β-unsaturated/α-hetero) is 3. The summed E-state index contributed by atoms with van der Waals surface area (Å²) in [5.74, 6) is -4.03. The number of anilines is 1. The van der Waals surface area contributed by atoms with Crippen LogP contribution in [0.1, 0.15) is 195 Å². The third-order valence-electron chi connectivity index (χ3n) is 20.7. The summed E-state index contributed by atoms with van der Waals surface area (Å²) in [6.45, 7) is 20.4. The lowest BCUT2D eigenvalue weighted by Crippen LogP contribution is -2.54. The van der Waals surface area contributed by atoms with Gasteiger partial charge in [-0.05, 0) is 122 Å². The molecular formula is C80H121N7O14S. The Hall–Kier alpha value is -6.85. The number of methoxy groups -OCH3 is 2. The molecule has 2 aliphatic heterocycles. The zero-order valence-corrected chi connectivity index (χ0v) is 64.2. The average Bonchev–Trinajstić information content (AvgIpc) is 1.37. The van der Waals surface area contributed by atoms with Crippen LogP contribution in [0.2, 0.25) is 0 Å². The number of carbonyl (C=O) groups is 10. The number of nitrogens with one attached hydrogen (secondary N) is 2. The van der Waals surface area contributed by atoms with Crippen LogP contribution in [0.3, 0.4) is 0 Å². The number of likely N-dealkylation sites (tertiary alicyclic amines) is 2. The molecule has 3 aromatic rings. The lowest BCUT2D eigenvalue weighted by Gasteiger charge is -2.41. The highest BCUT2D eigenvalue weighted by atomic mass is 32.2. The Morgan fingerprint density at radius 3 is 1.99 bits per heavy atom. The summed E-state index contributed by atoms with van der Waals surface area (Å²) >= 11 is 1.55. The second-order valence-corrected chi connectivity index (χ2v) is 30.9. The monoisotopic (exact) mass is 1440 g/mol. The minimum atomic E-state index is -0.952. The molecule has 5 rings (SSSR count). The first-order chi connectivity index (χ1) is 48.6.